The summed E-state index contributed by atoms with van der Waals surface area (Å²) in [6.07, 6.45) is 0.499. The summed E-state index contributed by atoms with van der Waals surface area (Å²) in [7, 11) is 0. The van der Waals surface area contributed by atoms with Crippen molar-refractivity contribution >= 4 is 29.7 Å². The molecule has 0 aromatic heterocycles. The third-order valence-electron chi connectivity index (χ3n) is 1.67. The van der Waals surface area contributed by atoms with Gasteiger partial charge in [-0.05, 0) is 6.07 Å². The Labute approximate surface area is 94.4 Å². The number of carboxylic acids is 1. The maximum atomic E-state index is 10.7. The van der Waals surface area contributed by atoms with Crippen LogP contribution in [0.25, 0.3) is 0 Å². The molecule has 0 heterocycles. The number of rotatable bonds is 5. The third-order valence-corrected chi connectivity index (χ3v) is 2.71. The van der Waals surface area contributed by atoms with E-state index in [-0.39, 0.29) is 21.9 Å². The molecular weight excluding hydrogens is 234 g/mol. The lowest BCUT2D eigenvalue weighted by Gasteiger charge is -2.01. The molecule has 16 heavy (non-hydrogen) atoms. The van der Waals surface area contributed by atoms with E-state index in [2.05, 4.69) is 0 Å². The summed E-state index contributed by atoms with van der Waals surface area (Å²) in [5, 5.41) is 19.1. The predicted molar refractivity (Wildman–Crippen MR) is 56.8 cm³/mol. The van der Waals surface area contributed by atoms with Crippen molar-refractivity contribution in [3.63, 3.8) is 0 Å². The highest BCUT2D eigenvalue weighted by Crippen LogP contribution is 2.29. The van der Waals surface area contributed by atoms with Gasteiger partial charge in [0, 0.05) is 11.6 Å². The Morgan fingerprint density at radius 2 is 2.25 bits per heavy atom. The van der Waals surface area contributed by atoms with Crippen LogP contribution in [0, 0.1) is 10.1 Å². The van der Waals surface area contributed by atoms with E-state index in [1.807, 2.05) is 0 Å². The van der Waals surface area contributed by atoms with Crippen LogP contribution in [0.4, 0.5) is 5.69 Å². The molecule has 1 aromatic carbocycles. The summed E-state index contributed by atoms with van der Waals surface area (Å²) >= 11 is 0.846. The number of carbonyl (C=O) groups is 2. The van der Waals surface area contributed by atoms with Crippen LogP contribution < -0.4 is 0 Å². The molecule has 0 aliphatic heterocycles. The largest absolute Gasteiger partial charge is 0.481 e. The lowest BCUT2D eigenvalue weighted by atomic mass is 10.2. The van der Waals surface area contributed by atoms with Gasteiger partial charge in [0.15, 0.2) is 0 Å². The van der Waals surface area contributed by atoms with Crippen LogP contribution in [0.2, 0.25) is 0 Å². The van der Waals surface area contributed by atoms with Gasteiger partial charge in [-0.3, -0.25) is 19.7 Å². The minimum absolute atomic E-state index is 0.186. The molecule has 0 aliphatic carbocycles. The summed E-state index contributed by atoms with van der Waals surface area (Å²) < 4.78 is 0. The second kappa shape index (κ2) is 5.26. The van der Waals surface area contributed by atoms with Crippen molar-refractivity contribution in [3.8, 4) is 0 Å². The van der Waals surface area contributed by atoms with Gasteiger partial charge in [-0.2, -0.15) is 0 Å². The minimum Gasteiger partial charge on any atom is -0.481 e. The molecule has 0 saturated carbocycles. The van der Waals surface area contributed by atoms with E-state index in [9.17, 15) is 19.7 Å². The molecule has 84 valence electrons. The second-order valence-electron chi connectivity index (χ2n) is 2.78. The second-order valence-corrected chi connectivity index (χ2v) is 3.80. The number of hydrogen-bond acceptors (Lipinski definition) is 5. The number of carboxylic acid groups (broad SMARTS) is 1. The van der Waals surface area contributed by atoms with Gasteiger partial charge in [0.1, 0.15) is 6.29 Å². The van der Waals surface area contributed by atoms with Crippen molar-refractivity contribution in [2.24, 2.45) is 0 Å². The molecule has 0 spiro atoms. The topological polar surface area (TPSA) is 97.5 Å². The van der Waals surface area contributed by atoms with Crippen LogP contribution >= 0.6 is 11.8 Å². The summed E-state index contributed by atoms with van der Waals surface area (Å²) in [4.78, 5) is 31.0. The molecule has 7 heteroatoms. The number of carbonyl (C=O) groups excluding carboxylic acids is 1. The van der Waals surface area contributed by atoms with Crippen LogP contribution in [0.5, 0.6) is 0 Å². The SMILES string of the molecule is O=Cc1ccc(SCC(=O)O)c([N+](=O)[O-])c1. The lowest BCUT2D eigenvalue weighted by molar-refractivity contribution is -0.387. The zero-order valence-corrected chi connectivity index (χ0v) is 8.77. The Morgan fingerprint density at radius 1 is 1.56 bits per heavy atom. The van der Waals surface area contributed by atoms with Gasteiger partial charge in [-0.15, -0.1) is 11.8 Å². The Morgan fingerprint density at radius 3 is 2.75 bits per heavy atom. The van der Waals surface area contributed by atoms with Crippen LogP contribution in [0.3, 0.4) is 0 Å². The fourth-order valence-electron chi connectivity index (χ4n) is 1.01. The first-order valence-corrected chi connectivity index (χ1v) is 5.11. The van der Waals surface area contributed by atoms with Crippen molar-refractivity contribution < 1.29 is 19.6 Å². The standard InChI is InChI=1S/C9H7NO5S/c11-4-6-1-2-8(16-5-9(12)13)7(3-6)10(14)15/h1-4H,5H2,(H,12,13). The van der Waals surface area contributed by atoms with E-state index in [0.717, 1.165) is 17.8 Å². The Kier molecular flexibility index (Phi) is 4.01. The average Bonchev–Trinajstić information content (AvgIpc) is 2.25. The monoisotopic (exact) mass is 241 g/mol. The fourth-order valence-corrected chi connectivity index (χ4v) is 1.74. The van der Waals surface area contributed by atoms with Crippen molar-refractivity contribution in [2.45, 2.75) is 4.90 Å². The summed E-state index contributed by atoms with van der Waals surface area (Å²) in [6, 6.07) is 3.90. The number of aliphatic carboxylic acids is 1. The Bertz CT molecular complexity index is 446. The minimum atomic E-state index is -1.06. The van der Waals surface area contributed by atoms with Crippen molar-refractivity contribution in [1.29, 1.82) is 0 Å². The molecule has 0 saturated heterocycles. The molecule has 1 rings (SSSR count). The molecule has 0 radical (unpaired) electrons. The van der Waals surface area contributed by atoms with Gasteiger partial charge >= 0.3 is 5.97 Å². The van der Waals surface area contributed by atoms with E-state index in [1.165, 1.54) is 12.1 Å². The van der Waals surface area contributed by atoms with Crippen molar-refractivity contribution in [3.05, 3.63) is 33.9 Å². The highest BCUT2D eigenvalue weighted by Gasteiger charge is 2.15. The lowest BCUT2D eigenvalue weighted by Crippen LogP contribution is -1.99. The van der Waals surface area contributed by atoms with Crippen molar-refractivity contribution in [1.82, 2.24) is 0 Å². The van der Waals surface area contributed by atoms with Gasteiger partial charge in [0.05, 0.1) is 15.6 Å². The summed E-state index contributed by atoms with van der Waals surface area (Å²) in [6.45, 7) is 0. The van der Waals surface area contributed by atoms with Gasteiger partial charge in [-0.25, -0.2) is 0 Å². The quantitative estimate of drug-likeness (QED) is 0.364. The van der Waals surface area contributed by atoms with Gasteiger partial charge in [0.2, 0.25) is 0 Å². The number of nitrogens with zero attached hydrogens (tertiary/aromatic N) is 1. The van der Waals surface area contributed by atoms with E-state index in [4.69, 9.17) is 5.11 Å². The number of aldehydes is 1. The maximum absolute atomic E-state index is 10.7. The molecule has 0 bridgehead atoms. The van der Waals surface area contributed by atoms with E-state index >= 15 is 0 Å². The van der Waals surface area contributed by atoms with E-state index in [0.29, 0.717) is 6.29 Å². The molecule has 6 nitrogen and oxygen atoms in total. The zero-order valence-electron chi connectivity index (χ0n) is 7.95. The normalized spacial score (nSPS) is 9.75. The molecule has 0 fully saturated rings. The van der Waals surface area contributed by atoms with Gasteiger partial charge in [-0.1, -0.05) is 6.07 Å². The molecule has 0 unspecified atom stereocenters. The smallest absolute Gasteiger partial charge is 0.313 e. The highest BCUT2D eigenvalue weighted by atomic mass is 32.2. The molecule has 0 atom stereocenters. The van der Waals surface area contributed by atoms with Gasteiger partial charge < -0.3 is 5.11 Å². The highest BCUT2D eigenvalue weighted by molar-refractivity contribution is 8.00. The van der Waals surface area contributed by atoms with Gasteiger partial charge in [0.25, 0.3) is 5.69 Å². The first-order chi connectivity index (χ1) is 7.54. The van der Waals surface area contributed by atoms with E-state index in [1.54, 1.807) is 0 Å². The third kappa shape index (κ3) is 3.06. The summed E-state index contributed by atoms with van der Waals surface area (Å²) in [5.74, 6) is -1.32. The number of hydrogen-bond donors (Lipinski definition) is 1. The Hall–Kier alpha value is -1.89. The Balaban J connectivity index is 3.03. The van der Waals surface area contributed by atoms with Crippen LogP contribution in [-0.2, 0) is 4.79 Å². The van der Waals surface area contributed by atoms with Crippen LogP contribution in [0.1, 0.15) is 10.4 Å². The number of thioether (sulfide) groups is 1. The number of nitro benzene ring substituents is 1. The van der Waals surface area contributed by atoms with Crippen LogP contribution in [0.15, 0.2) is 23.1 Å². The zero-order chi connectivity index (χ0) is 12.1. The summed E-state index contributed by atoms with van der Waals surface area (Å²) in [5.41, 5.74) is -0.0674. The average molecular weight is 241 g/mol. The molecule has 1 N–H and O–H groups in total. The molecular formula is C9H7NO5S. The van der Waals surface area contributed by atoms with Crippen molar-refractivity contribution in [2.75, 3.05) is 5.75 Å². The van der Waals surface area contributed by atoms with E-state index < -0.39 is 10.9 Å². The number of benzene rings is 1. The molecule has 0 amide bonds. The van der Waals surface area contributed by atoms with Crippen LogP contribution in [-0.4, -0.2) is 28.0 Å². The maximum Gasteiger partial charge on any atom is 0.313 e. The molecule has 0 aliphatic rings. The first-order valence-electron chi connectivity index (χ1n) is 4.13. The first kappa shape index (κ1) is 12.2. The molecule has 1 aromatic rings. The fraction of sp³-hybridized carbons (Fsp3) is 0.111. The number of nitro groups is 1. The predicted octanol–water partition coefficient (Wildman–Crippen LogP) is 1.58.